The number of fused-ring (bicyclic) bond motifs is 5. The fourth-order valence-electron chi connectivity index (χ4n) is 3.55. The lowest BCUT2D eigenvalue weighted by Crippen LogP contribution is -2.26. The fraction of sp³-hybridized carbons (Fsp3) is 0.700. The molecule has 1 amide bonds. The maximum atomic E-state index is 11.6. The van der Waals surface area contributed by atoms with Crippen LogP contribution in [-0.2, 0) is 4.79 Å². The summed E-state index contributed by atoms with van der Waals surface area (Å²) in [6, 6.07) is 0. The Morgan fingerprint density at radius 3 is 2.54 bits per heavy atom. The van der Waals surface area contributed by atoms with Crippen LogP contribution in [0.15, 0.2) is 12.3 Å². The van der Waals surface area contributed by atoms with Gasteiger partial charge in [0.25, 0.3) is 5.91 Å². The summed E-state index contributed by atoms with van der Waals surface area (Å²) in [6.07, 6.45) is 3.55. The zero-order valence-electron chi connectivity index (χ0n) is 7.44. The van der Waals surface area contributed by atoms with Crippen molar-refractivity contribution >= 4 is 5.91 Å². The van der Waals surface area contributed by atoms with Crippen molar-refractivity contribution < 1.29 is 10.0 Å². The van der Waals surface area contributed by atoms with Crippen LogP contribution in [0.25, 0.3) is 0 Å². The number of hydrogen-bond donors (Lipinski definition) is 1. The van der Waals surface area contributed by atoms with E-state index in [2.05, 4.69) is 6.58 Å². The zero-order valence-corrected chi connectivity index (χ0v) is 7.44. The molecular formula is C10H13NO2. The molecule has 3 heteroatoms. The van der Waals surface area contributed by atoms with Crippen LogP contribution in [0.1, 0.15) is 19.3 Å². The van der Waals surface area contributed by atoms with E-state index in [1.807, 2.05) is 0 Å². The quantitative estimate of drug-likeness (QED) is 0.571. The van der Waals surface area contributed by atoms with Crippen molar-refractivity contribution in [2.24, 2.45) is 23.7 Å². The molecule has 4 unspecified atom stereocenters. The highest BCUT2D eigenvalue weighted by Crippen LogP contribution is 2.58. The highest BCUT2D eigenvalue weighted by Gasteiger charge is 2.58. The summed E-state index contributed by atoms with van der Waals surface area (Å²) < 4.78 is 0. The van der Waals surface area contributed by atoms with Gasteiger partial charge in [0.05, 0.1) is 5.92 Å². The maximum absolute atomic E-state index is 11.6. The van der Waals surface area contributed by atoms with Crippen LogP contribution in [0, 0.1) is 23.7 Å². The predicted molar refractivity (Wildman–Crippen MR) is 45.6 cm³/mol. The van der Waals surface area contributed by atoms with Gasteiger partial charge in [-0.25, -0.2) is 0 Å². The topological polar surface area (TPSA) is 40.5 Å². The third-order valence-corrected chi connectivity index (χ3v) is 4.07. The van der Waals surface area contributed by atoms with E-state index in [1.165, 1.54) is 19.3 Å². The summed E-state index contributed by atoms with van der Waals surface area (Å²) in [4.78, 5) is 11.6. The molecule has 2 aliphatic carbocycles. The maximum Gasteiger partial charge on any atom is 0.254 e. The molecule has 0 aromatic heterocycles. The normalized spacial score (nSPS) is 47.6. The van der Waals surface area contributed by atoms with Gasteiger partial charge >= 0.3 is 0 Å². The lowest BCUT2D eigenvalue weighted by molar-refractivity contribution is -0.155. The number of nitrogens with zero attached hydrogens (tertiary/aromatic N) is 1. The fourth-order valence-corrected chi connectivity index (χ4v) is 3.55. The summed E-state index contributed by atoms with van der Waals surface area (Å²) >= 11 is 0. The second kappa shape index (κ2) is 2.15. The number of allylic oxidation sites excluding steroid dienone is 1. The summed E-state index contributed by atoms with van der Waals surface area (Å²) in [5.41, 5.74) is 0.641. The first kappa shape index (κ1) is 7.56. The van der Waals surface area contributed by atoms with Gasteiger partial charge in [0.1, 0.15) is 0 Å². The van der Waals surface area contributed by atoms with Gasteiger partial charge < -0.3 is 0 Å². The molecule has 3 aliphatic rings. The minimum absolute atomic E-state index is 0.0660. The first-order chi connectivity index (χ1) is 6.20. The van der Waals surface area contributed by atoms with E-state index >= 15 is 0 Å². The summed E-state index contributed by atoms with van der Waals surface area (Å²) in [7, 11) is 0. The lowest BCUT2D eigenvalue weighted by Gasteiger charge is -2.21. The number of rotatable bonds is 0. The van der Waals surface area contributed by atoms with Crippen molar-refractivity contribution in [3.8, 4) is 0 Å². The van der Waals surface area contributed by atoms with Crippen molar-refractivity contribution in [3.63, 3.8) is 0 Å². The number of carbonyl (C=O) groups is 1. The molecule has 3 rings (SSSR count). The third-order valence-electron chi connectivity index (χ3n) is 4.07. The van der Waals surface area contributed by atoms with Gasteiger partial charge in [0.15, 0.2) is 0 Å². The summed E-state index contributed by atoms with van der Waals surface area (Å²) in [5, 5.41) is 10.2. The van der Waals surface area contributed by atoms with E-state index in [4.69, 9.17) is 0 Å². The average Bonchev–Trinajstić information content (AvgIpc) is 2.76. The highest BCUT2D eigenvalue weighted by molar-refractivity contribution is 5.84. The highest BCUT2D eigenvalue weighted by atomic mass is 16.5. The van der Waals surface area contributed by atoms with Gasteiger partial charge in [-0.3, -0.25) is 10.0 Å². The molecule has 1 heterocycles. The molecule has 1 saturated heterocycles. The SMILES string of the molecule is C=C1C2C3CCC(C3)C2C(=O)N1O. The third kappa shape index (κ3) is 0.718. The van der Waals surface area contributed by atoms with Gasteiger partial charge in [-0.2, -0.15) is 5.06 Å². The molecule has 4 atom stereocenters. The number of hydroxylamine groups is 2. The Morgan fingerprint density at radius 2 is 1.92 bits per heavy atom. The van der Waals surface area contributed by atoms with Crippen LogP contribution in [-0.4, -0.2) is 16.2 Å². The van der Waals surface area contributed by atoms with Crippen molar-refractivity contribution in [3.05, 3.63) is 12.3 Å². The minimum Gasteiger partial charge on any atom is -0.281 e. The van der Waals surface area contributed by atoms with Crippen LogP contribution in [0.2, 0.25) is 0 Å². The predicted octanol–water partition coefficient (Wildman–Crippen LogP) is 1.39. The lowest BCUT2D eigenvalue weighted by atomic mass is 9.80. The van der Waals surface area contributed by atoms with Gasteiger partial charge in [-0.1, -0.05) is 6.58 Å². The molecular weight excluding hydrogens is 166 g/mol. The van der Waals surface area contributed by atoms with Crippen LogP contribution < -0.4 is 0 Å². The molecule has 2 bridgehead atoms. The Bertz CT molecular complexity index is 271. The van der Waals surface area contributed by atoms with Gasteiger partial charge in [-0.15, -0.1) is 0 Å². The first-order valence-electron chi connectivity index (χ1n) is 4.92. The van der Waals surface area contributed by atoms with Crippen LogP contribution >= 0.6 is 0 Å². The van der Waals surface area contributed by atoms with Crippen molar-refractivity contribution in [2.75, 3.05) is 0 Å². The Labute approximate surface area is 77.0 Å². The Morgan fingerprint density at radius 1 is 1.31 bits per heavy atom. The number of carbonyl (C=O) groups excluding carboxylic acids is 1. The van der Waals surface area contributed by atoms with Gasteiger partial charge in [0, 0.05) is 11.6 Å². The van der Waals surface area contributed by atoms with Crippen LogP contribution in [0.5, 0.6) is 0 Å². The van der Waals surface area contributed by atoms with E-state index in [0.717, 1.165) is 5.06 Å². The van der Waals surface area contributed by atoms with E-state index < -0.39 is 0 Å². The molecule has 3 nitrogen and oxygen atoms in total. The van der Waals surface area contributed by atoms with Crippen molar-refractivity contribution in [1.82, 2.24) is 5.06 Å². The molecule has 0 radical (unpaired) electrons. The first-order valence-corrected chi connectivity index (χ1v) is 4.92. The van der Waals surface area contributed by atoms with E-state index in [-0.39, 0.29) is 17.7 Å². The standard InChI is InChI=1S/C10H13NO2/c1-5-8-6-2-3-7(4-6)9(8)10(12)11(5)13/h6-9,13H,1-4H2. The Balaban J connectivity index is 2.03. The zero-order chi connectivity index (χ0) is 9.16. The van der Waals surface area contributed by atoms with E-state index in [1.54, 1.807) is 0 Å². The second-order valence-electron chi connectivity index (χ2n) is 4.53. The second-order valence-corrected chi connectivity index (χ2v) is 4.53. The summed E-state index contributed by atoms with van der Waals surface area (Å²) in [5.74, 6) is 1.36. The van der Waals surface area contributed by atoms with E-state index in [9.17, 15) is 10.0 Å². The van der Waals surface area contributed by atoms with Crippen LogP contribution in [0.4, 0.5) is 0 Å². The Kier molecular flexibility index (Phi) is 1.25. The monoisotopic (exact) mass is 179 g/mol. The van der Waals surface area contributed by atoms with Crippen molar-refractivity contribution in [1.29, 1.82) is 0 Å². The molecule has 13 heavy (non-hydrogen) atoms. The van der Waals surface area contributed by atoms with Gasteiger partial charge in [-0.05, 0) is 31.1 Å². The molecule has 3 fully saturated rings. The molecule has 70 valence electrons. The van der Waals surface area contributed by atoms with Crippen molar-refractivity contribution in [2.45, 2.75) is 19.3 Å². The molecule has 2 saturated carbocycles. The summed E-state index contributed by atoms with van der Waals surface area (Å²) in [6.45, 7) is 3.80. The number of hydrogen-bond acceptors (Lipinski definition) is 2. The van der Waals surface area contributed by atoms with Crippen LogP contribution in [0.3, 0.4) is 0 Å². The molecule has 1 aliphatic heterocycles. The van der Waals surface area contributed by atoms with E-state index in [0.29, 0.717) is 17.5 Å². The van der Waals surface area contributed by atoms with Gasteiger partial charge in [0.2, 0.25) is 0 Å². The molecule has 1 N–H and O–H groups in total. The average molecular weight is 179 g/mol. The number of amides is 1. The molecule has 0 aromatic carbocycles. The smallest absolute Gasteiger partial charge is 0.254 e. The molecule has 0 aromatic rings. The Hall–Kier alpha value is -0.830. The molecule has 0 spiro atoms. The minimum atomic E-state index is -0.109. The largest absolute Gasteiger partial charge is 0.281 e.